The van der Waals surface area contributed by atoms with Gasteiger partial charge in [0.05, 0.1) is 6.10 Å². The van der Waals surface area contributed by atoms with Crippen molar-refractivity contribution in [2.45, 2.75) is 43.7 Å². The van der Waals surface area contributed by atoms with Gasteiger partial charge in [0.2, 0.25) is 0 Å². The standard InChI is InChI=1S/C23H25NO3/c25-22-12-14-9-10-19(22)21(11-14)24-23(26)27-13-20-17-7-3-1-5-15(17)16-6-2-4-8-18(16)20/h1-8,14,19-22,25H,9-13H2,(H,24,26). The number of carbonyl (C=O) groups excluding carboxylic acids is 1. The van der Waals surface area contributed by atoms with Crippen LogP contribution in [0, 0.1) is 11.8 Å². The smallest absolute Gasteiger partial charge is 0.407 e. The molecule has 2 aromatic rings. The second kappa shape index (κ2) is 6.68. The highest BCUT2D eigenvalue weighted by Crippen LogP contribution is 2.45. The quantitative estimate of drug-likeness (QED) is 0.864. The van der Waals surface area contributed by atoms with E-state index in [4.69, 9.17) is 4.74 Å². The molecule has 1 amide bonds. The van der Waals surface area contributed by atoms with Crippen LogP contribution in [0.2, 0.25) is 0 Å². The van der Waals surface area contributed by atoms with E-state index in [0.717, 1.165) is 19.3 Å². The molecule has 140 valence electrons. The molecule has 4 heteroatoms. The number of aliphatic hydroxyl groups excluding tert-OH is 1. The van der Waals surface area contributed by atoms with Crippen molar-refractivity contribution in [3.63, 3.8) is 0 Å². The predicted molar refractivity (Wildman–Crippen MR) is 103 cm³/mol. The molecule has 4 atom stereocenters. The molecule has 0 radical (unpaired) electrons. The zero-order valence-electron chi connectivity index (χ0n) is 15.3. The molecule has 6 rings (SSSR count). The monoisotopic (exact) mass is 363 g/mol. The second-order valence-corrected chi connectivity index (χ2v) is 8.22. The maximum Gasteiger partial charge on any atom is 0.407 e. The number of carbonyl (C=O) groups is 1. The van der Waals surface area contributed by atoms with Crippen LogP contribution >= 0.6 is 0 Å². The third-order valence-electron chi connectivity index (χ3n) is 6.73. The highest BCUT2D eigenvalue weighted by atomic mass is 16.5. The third-order valence-corrected chi connectivity index (χ3v) is 6.73. The Morgan fingerprint density at radius 3 is 2.30 bits per heavy atom. The van der Waals surface area contributed by atoms with Gasteiger partial charge >= 0.3 is 6.09 Å². The van der Waals surface area contributed by atoms with E-state index in [-0.39, 0.29) is 30.1 Å². The van der Waals surface area contributed by atoms with Gasteiger partial charge in [0.1, 0.15) is 6.61 Å². The molecule has 0 spiro atoms. The molecular weight excluding hydrogens is 338 g/mol. The summed E-state index contributed by atoms with van der Waals surface area (Å²) < 4.78 is 5.65. The van der Waals surface area contributed by atoms with E-state index in [9.17, 15) is 9.90 Å². The molecule has 4 unspecified atom stereocenters. The van der Waals surface area contributed by atoms with Crippen molar-refractivity contribution in [2.75, 3.05) is 6.61 Å². The van der Waals surface area contributed by atoms with Crippen LogP contribution < -0.4 is 5.32 Å². The first-order chi connectivity index (χ1) is 13.2. The van der Waals surface area contributed by atoms with Crippen LogP contribution in [0.5, 0.6) is 0 Å². The zero-order chi connectivity index (χ0) is 18.4. The van der Waals surface area contributed by atoms with Crippen LogP contribution in [0.15, 0.2) is 48.5 Å². The number of aliphatic hydroxyl groups is 1. The summed E-state index contributed by atoms with van der Waals surface area (Å²) in [5, 5.41) is 13.2. The first kappa shape index (κ1) is 16.8. The lowest BCUT2D eigenvalue weighted by Crippen LogP contribution is -2.52. The molecule has 0 aromatic heterocycles. The maximum atomic E-state index is 12.5. The van der Waals surface area contributed by atoms with Crippen LogP contribution in [-0.4, -0.2) is 30.0 Å². The minimum absolute atomic E-state index is 0.0446. The Bertz CT molecular complexity index is 819. The van der Waals surface area contributed by atoms with Gasteiger partial charge in [-0.1, -0.05) is 48.5 Å². The van der Waals surface area contributed by atoms with Gasteiger partial charge in [-0.3, -0.25) is 0 Å². The third kappa shape index (κ3) is 2.92. The van der Waals surface area contributed by atoms with Crippen molar-refractivity contribution < 1.29 is 14.6 Å². The minimum Gasteiger partial charge on any atom is -0.449 e. The van der Waals surface area contributed by atoms with E-state index in [1.54, 1.807) is 0 Å². The average Bonchev–Trinajstić information content (AvgIpc) is 3.00. The summed E-state index contributed by atoms with van der Waals surface area (Å²) in [5.74, 6) is 0.788. The average molecular weight is 363 g/mol. The highest BCUT2D eigenvalue weighted by Gasteiger charge is 2.42. The summed E-state index contributed by atoms with van der Waals surface area (Å²) >= 11 is 0. The summed E-state index contributed by atoms with van der Waals surface area (Å²) in [4.78, 5) is 12.5. The van der Waals surface area contributed by atoms with Gasteiger partial charge in [-0.15, -0.1) is 0 Å². The molecule has 0 heterocycles. The number of amides is 1. The van der Waals surface area contributed by atoms with Gasteiger partial charge in [0, 0.05) is 17.9 Å². The summed E-state index contributed by atoms with van der Waals surface area (Å²) in [5.41, 5.74) is 4.90. The first-order valence-corrected chi connectivity index (χ1v) is 10.0. The zero-order valence-corrected chi connectivity index (χ0v) is 15.3. The molecule has 4 aliphatic rings. The Morgan fingerprint density at radius 2 is 1.67 bits per heavy atom. The van der Waals surface area contributed by atoms with E-state index in [2.05, 4.69) is 41.7 Å². The molecular formula is C23H25NO3. The Hall–Kier alpha value is -2.33. The number of rotatable bonds is 3. The number of nitrogens with one attached hydrogen (secondary N) is 1. The number of hydrogen-bond donors (Lipinski definition) is 2. The van der Waals surface area contributed by atoms with E-state index in [0.29, 0.717) is 12.5 Å². The SMILES string of the molecule is O=C(NC1CC2CCC1C(O)C2)OCC1c2ccccc2-c2ccccc21. The fraction of sp³-hybridized carbons (Fsp3) is 0.435. The molecule has 2 aromatic carbocycles. The lowest BCUT2D eigenvalue weighted by Gasteiger charge is -2.45. The van der Waals surface area contributed by atoms with Crippen molar-refractivity contribution in [2.24, 2.45) is 11.8 Å². The van der Waals surface area contributed by atoms with Gasteiger partial charge in [-0.05, 0) is 53.9 Å². The van der Waals surface area contributed by atoms with Crippen LogP contribution in [0.3, 0.4) is 0 Å². The molecule has 27 heavy (non-hydrogen) atoms. The number of hydrogen-bond acceptors (Lipinski definition) is 3. The Labute approximate surface area is 159 Å². The molecule has 0 aliphatic heterocycles. The van der Waals surface area contributed by atoms with Gasteiger partial charge in [0.25, 0.3) is 0 Å². The predicted octanol–water partition coefficient (Wildman–Crippen LogP) is 4.07. The van der Waals surface area contributed by atoms with Gasteiger partial charge in [-0.2, -0.15) is 0 Å². The summed E-state index contributed by atoms with van der Waals surface area (Å²) in [6, 6.07) is 16.7. The van der Waals surface area contributed by atoms with Gasteiger partial charge in [0.15, 0.2) is 0 Å². The fourth-order valence-corrected chi connectivity index (χ4v) is 5.43. The topological polar surface area (TPSA) is 58.6 Å². The van der Waals surface area contributed by atoms with Crippen molar-refractivity contribution in [1.82, 2.24) is 5.32 Å². The Kier molecular flexibility index (Phi) is 4.16. The van der Waals surface area contributed by atoms with E-state index >= 15 is 0 Å². The summed E-state index contributed by atoms with van der Waals surface area (Å²) in [7, 11) is 0. The lowest BCUT2D eigenvalue weighted by molar-refractivity contribution is -0.0198. The number of alkyl carbamates (subject to hydrolysis) is 1. The van der Waals surface area contributed by atoms with Crippen LogP contribution in [0.25, 0.3) is 11.1 Å². The van der Waals surface area contributed by atoms with Crippen molar-refractivity contribution >= 4 is 6.09 Å². The van der Waals surface area contributed by atoms with E-state index in [1.807, 2.05) is 12.1 Å². The molecule has 4 aliphatic carbocycles. The fourth-order valence-electron chi connectivity index (χ4n) is 5.43. The molecule has 0 saturated heterocycles. The molecule has 3 saturated carbocycles. The van der Waals surface area contributed by atoms with Gasteiger partial charge < -0.3 is 15.2 Å². The molecule has 2 N–H and O–H groups in total. The van der Waals surface area contributed by atoms with Crippen molar-refractivity contribution in [3.8, 4) is 11.1 Å². The molecule has 2 bridgehead atoms. The second-order valence-electron chi connectivity index (χ2n) is 8.22. The summed E-state index contributed by atoms with van der Waals surface area (Å²) in [6.07, 6.45) is 3.38. The molecule has 3 fully saturated rings. The Balaban J connectivity index is 1.27. The number of benzene rings is 2. The first-order valence-electron chi connectivity index (χ1n) is 10.0. The van der Waals surface area contributed by atoms with Crippen LogP contribution in [0.1, 0.15) is 42.7 Å². The number of fused-ring (bicyclic) bond motifs is 6. The maximum absolute atomic E-state index is 12.5. The van der Waals surface area contributed by atoms with Gasteiger partial charge in [-0.25, -0.2) is 4.79 Å². The summed E-state index contributed by atoms with van der Waals surface area (Å²) in [6.45, 7) is 0.337. The highest BCUT2D eigenvalue weighted by molar-refractivity contribution is 5.79. The van der Waals surface area contributed by atoms with Crippen LogP contribution in [0.4, 0.5) is 4.79 Å². The van der Waals surface area contributed by atoms with Crippen LogP contribution in [-0.2, 0) is 4.74 Å². The minimum atomic E-state index is -0.360. The van der Waals surface area contributed by atoms with E-state index < -0.39 is 0 Å². The normalized spacial score (nSPS) is 28.5. The number of ether oxygens (including phenoxy) is 1. The largest absolute Gasteiger partial charge is 0.449 e. The van der Waals surface area contributed by atoms with Crippen molar-refractivity contribution in [3.05, 3.63) is 59.7 Å². The Morgan fingerprint density at radius 1 is 1.00 bits per heavy atom. The molecule has 4 nitrogen and oxygen atoms in total. The van der Waals surface area contributed by atoms with E-state index in [1.165, 1.54) is 28.7 Å². The van der Waals surface area contributed by atoms with Crippen molar-refractivity contribution in [1.29, 1.82) is 0 Å². The lowest BCUT2D eigenvalue weighted by atomic mass is 9.66.